The van der Waals surface area contributed by atoms with Crippen molar-refractivity contribution in [1.29, 1.82) is 0 Å². The van der Waals surface area contributed by atoms with Crippen molar-refractivity contribution in [2.24, 2.45) is 0 Å². The third kappa shape index (κ3) is 3.20. The number of likely N-dealkylation sites (tertiary alicyclic amines) is 1. The SMILES string of the molecule is CCC(NC(=O)C1CCCCN1C)C(=O)O. The monoisotopic (exact) mass is 228 g/mol. The first-order chi connectivity index (χ1) is 7.56. The number of hydrogen-bond acceptors (Lipinski definition) is 3. The van der Waals surface area contributed by atoms with Crippen LogP contribution < -0.4 is 5.32 Å². The molecule has 16 heavy (non-hydrogen) atoms. The molecule has 0 aromatic carbocycles. The molecule has 0 saturated carbocycles. The van der Waals surface area contributed by atoms with E-state index >= 15 is 0 Å². The van der Waals surface area contributed by atoms with Gasteiger partial charge in [0.05, 0.1) is 6.04 Å². The minimum atomic E-state index is -0.964. The molecule has 1 heterocycles. The lowest BCUT2D eigenvalue weighted by Gasteiger charge is -2.31. The fraction of sp³-hybridized carbons (Fsp3) is 0.818. The molecule has 1 saturated heterocycles. The zero-order valence-corrected chi connectivity index (χ0v) is 9.90. The van der Waals surface area contributed by atoms with E-state index in [1.54, 1.807) is 6.92 Å². The molecule has 92 valence electrons. The standard InChI is InChI=1S/C11H20N2O3/c1-3-8(11(15)16)12-10(14)9-6-4-5-7-13(9)2/h8-9H,3-7H2,1-2H3,(H,12,14)(H,15,16). The second-order valence-electron chi connectivity index (χ2n) is 4.30. The summed E-state index contributed by atoms with van der Waals surface area (Å²) in [5.74, 6) is -1.12. The number of likely N-dealkylation sites (N-methyl/N-ethyl adjacent to an activating group) is 1. The Morgan fingerprint density at radius 1 is 1.50 bits per heavy atom. The Hall–Kier alpha value is -1.10. The fourth-order valence-electron chi connectivity index (χ4n) is 2.01. The first-order valence-electron chi connectivity index (χ1n) is 5.79. The largest absolute Gasteiger partial charge is 0.480 e. The number of carboxylic acid groups (broad SMARTS) is 1. The normalized spacial score (nSPS) is 23.8. The Bertz CT molecular complexity index is 268. The molecular formula is C11H20N2O3. The number of nitrogens with zero attached hydrogens (tertiary/aromatic N) is 1. The van der Waals surface area contributed by atoms with Crippen LogP contribution in [0.15, 0.2) is 0 Å². The number of carboxylic acids is 1. The van der Waals surface area contributed by atoms with Crippen molar-refractivity contribution in [2.45, 2.75) is 44.7 Å². The highest BCUT2D eigenvalue weighted by Crippen LogP contribution is 2.15. The maximum Gasteiger partial charge on any atom is 0.326 e. The van der Waals surface area contributed by atoms with Crippen molar-refractivity contribution in [2.75, 3.05) is 13.6 Å². The summed E-state index contributed by atoms with van der Waals surface area (Å²) >= 11 is 0. The molecule has 2 unspecified atom stereocenters. The predicted molar refractivity (Wildman–Crippen MR) is 60.1 cm³/mol. The van der Waals surface area contributed by atoms with Crippen LogP contribution in [0.25, 0.3) is 0 Å². The summed E-state index contributed by atoms with van der Waals surface area (Å²) in [6.07, 6.45) is 3.37. The van der Waals surface area contributed by atoms with Gasteiger partial charge in [0.2, 0.25) is 5.91 Å². The Balaban J connectivity index is 2.52. The first kappa shape index (κ1) is 13.0. The quantitative estimate of drug-likeness (QED) is 0.733. The van der Waals surface area contributed by atoms with Crippen LogP contribution in [0.3, 0.4) is 0 Å². The third-order valence-corrected chi connectivity index (χ3v) is 3.10. The molecule has 1 amide bonds. The van der Waals surface area contributed by atoms with Crippen molar-refractivity contribution < 1.29 is 14.7 Å². The van der Waals surface area contributed by atoms with Gasteiger partial charge < -0.3 is 10.4 Å². The van der Waals surface area contributed by atoms with Gasteiger partial charge in [-0.3, -0.25) is 9.69 Å². The van der Waals surface area contributed by atoms with Crippen LogP contribution in [-0.4, -0.2) is 47.6 Å². The number of aliphatic carboxylic acids is 1. The number of carbonyl (C=O) groups excluding carboxylic acids is 1. The van der Waals surface area contributed by atoms with E-state index in [0.717, 1.165) is 25.8 Å². The zero-order valence-electron chi connectivity index (χ0n) is 9.90. The van der Waals surface area contributed by atoms with E-state index < -0.39 is 12.0 Å². The van der Waals surface area contributed by atoms with E-state index in [1.807, 2.05) is 11.9 Å². The van der Waals surface area contributed by atoms with Crippen molar-refractivity contribution in [3.63, 3.8) is 0 Å². The summed E-state index contributed by atoms with van der Waals surface area (Å²) in [6.45, 7) is 2.66. The van der Waals surface area contributed by atoms with E-state index in [9.17, 15) is 9.59 Å². The van der Waals surface area contributed by atoms with Crippen LogP contribution in [0.2, 0.25) is 0 Å². The highest BCUT2D eigenvalue weighted by molar-refractivity contribution is 5.86. The smallest absolute Gasteiger partial charge is 0.326 e. The topological polar surface area (TPSA) is 69.6 Å². The van der Waals surface area contributed by atoms with E-state index in [2.05, 4.69) is 5.32 Å². The van der Waals surface area contributed by atoms with Gasteiger partial charge in [0, 0.05) is 0 Å². The van der Waals surface area contributed by atoms with Gasteiger partial charge in [-0.05, 0) is 32.9 Å². The summed E-state index contributed by atoms with van der Waals surface area (Å²) in [6, 6.07) is -0.926. The fourth-order valence-corrected chi connectivity index (χ4v) is 2.01. The maximum absolute atomic E-state index is 11.9. The molecule has 1 aliphatic rings. The van der Waals surface area contributed by atoms with Crippen LogP contribution >= 0.6 is 0 Å². The van der Waals surface area contributed by atoms with Crippen molar-refractivity contribution in [1.82, 2.24) is 10.2 Å². The van der Waals surface area contributed by atoms with Crippen LogP contribution in [0.1, 0.15) is 32.6 Å². The molecule has 0 aliphatic carbocycles. The first-order valence-corrected chi connectivity index (χ1v) is 5.79. The second kappa shape index (κ2) is 5.84. The van der Waals surface area contributed by atoms with Crippen LogP contribution in [-0.2, 0) is 9.59 Å². The number of rotatable bonds is 4. The summed E-state index contributed by atoms with van der Waals surface area (Å²) in [5.41, 5.74) is 0. The molecule has 2 N–H and O–H groups in total. The van der Waals surface area contributed by atoms with E-state index in [1.165, 1.54) is 0 Å². The molecular weight excluding hydrogens is 208 g/mol. The minimum Gasteiger partial charge on any atom is -0.480 e. The lowest BCUT2D eigenvalue weighted by atomic mass is 10.0. The van der Waals surface area contributed by atoms with Gasteiger partial charge in [0.25, 0.3) is 0 Å². The lowest BCUT2D eigenvalue weighted by molar-refractivity contribution is -0.143. The van der Waals surface area contributed by atoms with Crippen molar-refractivity contribution >= 4 is 11.9 Å². The summed E-state index contributed by atoms with van der Waals surface area (Å²) < 4.78 is 0. The highest BCUT2D eigenvalue weighted by atomic mass is 16.4. The van der Waals surface area contributed by atoms with Crippen molar-refractivity contribution in [3.8, 4) is 0 Å². The van der Waals surface area contributed by atoms with Crippen LogP contribution in [0.5, 0.6) is 0 Å². The molecule has 0 radical (unpaired) electrons. The van der Waals surface area contributed by atoms with E-state index in [0.29, 0.717) is 6.42 Å². The molecule has 0 aromatic rings. The molecule has 1 fully saturated rings. The average molecular weight is 228 g/mol. The Labute approximate surface area is 95.8 Å². The number of piperidine rings is 1. The zero-order chi connectivity index (χ0) is 12.1. The molecule has 5 heteroatoms. The highest BCUT2D eigenvalue weighted by Gasteiger charge is 2.28. The number of nitrogens with one attached hydrogen (secondary N) is 1. The molecule has 0 bridgehead atoms. The lowest BCUT2D eigenvalue weighted by Crippen LogP contribution is -2.51. The second-order valence-corrected chi connectivity index (χ2v) is 4.30. The summed E-state index contributed by atoms with van der Waals surface area (Å²) in [7, 11) is 1.91. The number of amides is 1. The molecule has 1 aliphatic heterocycles. The van der Waals surface area contributed by atoms with Gasteiger partial charge in [-0.15, -0.1) is 0 Å². The molecule has 0 spiro atoms. The van der Waals surface area contributed by atoms with E-state index in [-0.39, 0.29) is 11.9 Å². The Morgan fingerprint density at radius 2 is 2.19 bits per heavy atom. The Morgan fingerprint density at radius 3 is 2.69 bits per heavy atom. The number of carbonyl (C=O) groups is 2. The third-order valence-electron chi connectivity index (χ3n) is 3.10. The van der Waals surface area contributed by atoms with Crippen LogP contribution in [0.4, 0.5) is 0 Å². The van der Waals surface area contributed by atoms with Gasteiger partial charge in [0.15, 0.2) is 0 Å². The van der Waals surface area contributed by atoms with E-state index in [4.69, 9.17) is 5.11 Å². The average Bonchev–Trinajstić information content (AvgIpc) is 2.25. The van der Waals surface area contributed by atoms with Gasteiger partial charge >= 0.3 is 5.97 Å². The van der Waals surface area contributed by atoms with Gasteiger partial charge in [-0.1, -0.05) is 13.3 Å². The molecule has 0 aromatic heterocycles. The van der Waals surface area contributed by atoms with Gasteiger partial charge in [-0.25, -0.2) is 4.79 Å². The molecule has 5 nitrogen and oxygen atoms in total. The predicted octanol–water partition coefficient (Wildman–Crippen LogP) is 0.450. The van der Waals surface area contributed by atoms with Crippen LogP contribution in [0, 0.1) is 0 Å². The summed E-state index contributed by atoms with van der Waals surface area (Å²) in [4.78, 5) is 24.7. The minimum absolute atomic E-state index is 0.156. The van der Waals surface area contributed by atoms with Crippen molar-refractivity contribution in [3.05, 3.63) is 0 Å². The maximum atomic E-state index is 11.9. The van der Waals surface area contributed by atoms with Gasteiger partial charge in [0.1, 0.15) is 6.04 Å². The summed E-state index contributed by atoms with van der Waals surface area (Å²) in [5, 5.41) is 11.4. The molecule has 1 rings (SSSR count). The molecule has 2 atom stereocenters. The number of hydrogen-bond donors (Lipinski definition) is 2. The van der Waals surface area contributed by atoms with Gasteiger partial charge in [-0.2, -0.15) is 0 Å². The Kier molecular flexibility index (Phi) is 4.73.